The number of carbonyl (C=O) groups excluding carboxylic acids is 2. The van der Waals surface area contributed by atoms with Gasteiger partial charge in [-0.3, -0.25) is 9.59 Å². The van der Waals surface area contributed by atoms with E-state index in [9.17, 15) is 27.2 Å². The lowest BCUT2D eigenvalue weighted by Gasteiger charge is -2.35. The first kappa shape index (κ1) is 19.9. The summed E-state index contributed by atoms with van der Waals surface area (Å²) in [5.74, 6) is -1.43. The maximum Gasteiger partial charge on any atom is 0.417 e. The van der Waals surface area contributed by atoms with Gasteiger partial charge in [0.1, 0.15) is 11.5 Å². The molecule has 2 aromatic carbocycles. The number of nitrogens with one attached hydrogen (secondary N) is 1. The van der Waals surface area contributed by atoms with Crippen molar-refractivity contribution in [1.29, 1.82) is 0 Å². The van der Waals surface area contributed by atoms with E-state index in [0.29, 0.717) is 10.9 Å². The van der Waals surface area contributed by atoms with Gasteiger partial charge < -0.3 is 14.8 Å². The SMILES string of the molecule is O=C(c1cc2cc(F)ccc2[nH]1)N1CCN(C(=O)c2ccccc2C(F)(F)F)CC1. The number of hydrogen-bond donors (Lipinski definition) is 1. The van der Waals surface area contributed by atoms with Crippen molar-refractivity contribution in [1.82, 2.24) is 14.8 Å². The summed E-state index contributed by atoms with van der Waals surface area (Å²) in [7, 11) is 0. The van der Waals surface area contributed by atoms with Crippen LogP contribution in [-0.4, -0.2) is 52.8 Å². The van der Waals surface area contributed by atoms with Gasteiger partial charge in [-0.2, -0.15) is 13.2 Å². The van der Waals surface area contributed by atoms with Crippen LogP contribution in [0.25, 0.3) is 10.9 Å². The van der Waals surface area contributed by atoms with Crippen molar-refractivity contribution in [2.75, 3.05) is 26.2 Å². The van der Waals surface area contributed by atoms with Gasteiger partial charge in [0.05, 0.1) is 11.1 Å². The predicted octanol–water partition coefficient (Wildman–Crippen LogP) is 3.92. The van der Waals surface area contributed by atoms with Crippen LogP contribution in [-0.2, 0) is 6.18 Å². The van der Waals surface area contributed by atoms with Crippen LogP contribution >= 0.6 is 0 Å². The summed E-state index contributed by atoms with van der Waals surface area (Å²) in [5.41, 5.74) is -0.462. The first-order chi connectivity index (χ1) is 14.2. The molecule has 9 heteroatoms. The van der Waals surface area contributed by atoms with Crippen molar-refractivity contribution in [2.24, 2.45) is 0 Å². The molecule has 0 bridgehead atoms. The molecule has 3 aromatic rings. The molecule has 0 aliphatic carbocycles. The normalized spacial score (nSPS) is 14.9. The zero-order valence-electron chi connectivity index (χ0n) is 15.7. The highest BCUT2D eigenvalue weighted by molar-refractivity contribution is 5.99. The lowest BCUT2D eigenvalue weighted by molar-refractivity contribution is -0.138. The highest BCUT2D eigenvalue weighted by Crippen LogP contribution is 2.32. The van der Waals surface area contributed by atoms with Crippen molar-refractivity contribution in [2.45, 2.75) is 6.18 Å². The number of fused-ring (bicyclic) bond motifs is 1. The summed E-state index contributed by atoms with van der Waals surface area (Å²) < 4.78 is 52.9. The Morgan fingerprint density at radius 1 is 0.867 bits per heavy atom. The second-order valence-electron chi connectivity index (χ2n) is 7.04. The summed E-state index contributed by atoms with van der Waals surface area (Å²) >= 11 is 0. The summed E-state index contributed by atoms with van der Waals surface area (Å²) in [6.07, 6.45) is -4.63. The van der Waals surface area contributed by atoms with E-state index in [1.165, 1.54) is 40.1 Å². The van der Waals surface area contributed by atoms with Crippen molar-refractivity contribution in [3.05, 3.63) is 71.2 Å². The minimum absolute atomic E-state index is 0.117. The lowest BCUT2D eigenvalue weighted by atomic mass is 10.1. The topological polar surface area (TPSA) is 56.4 Å². The maximum atomic E-state index is 13.3. The molecule has 0 radical (unpaired) electrons. The molecule has 0 saturated carbocycles. The molecule has 4 rings (SSSR count). The van der Waals surface area contributed by atoms with Gasteiger partial charge >= 0.3 is 6.18 Å². The Balaban J connectivity index is 1.46. The van der Waals surface area contributed by atoms with Crippen LogP contribution in [0.5, 0.6) is 0 Å². The number of aromatic nitrogens is 1. The number of hydrogen-bond acceptors (Lipinski definition) is 2. The van der Waals surface area contributed by atoms with E-state index >= 15 is 0 Å². The number of H-pyrrole nitrogens is 1. The molecule has 0 atom stereocenters. The molecule has 1 fully saturated rings. The van der Waals surface area contributed by atoms with Crippen molar-refractivity contribution >= 4 is 22.7 Å². The molecule has 2 heterocycles. The number of amides is 2. The third-order valence-corrected chi connectivity index (χ3v) is 5.13. The first-order valence-electron chi connectivity index (χ1n) is 9.27. The Labute approximate surface area is 168 Å². The van der Waals surface area contributed by atoms with Crippen LogP contribution < -0.4 is 0 Å². The summed E-state index contributed by atoms with van der Waals surface area (Å²) in [4.78, 5) is 31.1. The van der Waals surface area contributed by atoms with Gasteiger partial charge in [0.15, 0.2) is 0 Å². The van der Waals surface area contributed by atoms with Gasteiger partial charge in [-0.25, -0.2) is 4.39 Å². The van der Waals surface area contributed by atoms with E-state index in [-0.39, 0.29) is 37.8 Å². The fraction of sp³-hybridized carbons (Fsp3) is 0.238. The van der Waals surface area contributed by atoms with Crippen molar-refractivity contribution in [3.8, 4) is 0 Å². The number of alkyl halides is 3. The van der Waals surface area contributed by atoms with Gasteiger partial charge in [-0.15, -0.1) is 0 Å². The van der Waals surface area contributed by atoms with E-state index in [1.807, 2.05) is 0 Å². The molecule has 1 saturated heterocycles. The largest absolute Gasteiger partial charge is 0.417 e. The number of carbonyl (C=O) groups is 2. The second-order valence-corrected chi connectivity index (χ2v) is 7.04. The van der Waals surface area contributed by atoms with Gasteiger partial charge in [-0.05, 0) is 36.4 Å². The molecular weight excluding hydrogens is 402 g/mol. The maximum absolute atomic E-state index is 13.3. The molecule has 1 aliphatic heterocycles. The Hall–Kier alpha value is -3.36. The first-order valence-corrected chi connectivity index (χ1v) is 9.27. The standard InChI is InChI=1S/C21H17F4N3O2/c22-14-5-6-17-13(11-14)12-18(26-17)20(30)28-9-7-27(8-10-28)19(29)15-3-1-2-4-16(15)21(23,24)25/h1-6,11-12,26H,7-10H2. The molecule has 156 valence electrons. The molecule has 30 heavy (non-hydrogen) atoms. The summed E-state index contributed by atoms with van der Waals surface area (Å²) in [6, 6.07) is 10.4. The Bertz CT molecular complexity index is 1110. The minimum Gasteiger partial charge on any atom is -0.351 e. The van der Waals surface area contributed by atoms with Crippen LogP contribution in [0.4, 0.5) is 17.6 Å². The number of nitrogens with zero attached hydrogens (tertiary/aromatic N) is 2. The van der Waals surface area contributed by atoms with E-state index < -0.39 is 29.0 Å². The monoisotopic (exact) mass is 419 g/mol. The summed E-state index contributed by atoms with van der Waals surface area (Å²) in [6.45, 7) is 0.599. The van der Waals surface area contributed by atoms with Crippen LogP contribution in [0.3, 0.4) is 0 Å². The summed E-state index contributed by atoms with van der Waals surface area (Å²) in [5, 5.41) is 0.566. The van der Waals surface area contributed by atoms with E-state index in [2.05, 4.69) is 4.98 Å². The molecule has 0 unspecified atom stereocenters. The Morgan fingerprint density at radius 3 is 2.17 bits per heavy atom. The molecule has 1 aromatic heterocycles. The number of piperazine rings is 1. The fourth-order valence-corrected chi connectivity index (χ4v) is 3.59. The van der Waals surface area contributed by atoms with E-state index in [1.54, 1.807) is 6.07 Å². The van der Waals surface area contributed by atoms with E-state index in [0.717, 1.165) is 12.1 Å². The smallest absolute Gasteiger partial charge is 0.351 e. The number of rotatable bonds is 2. The average molecular weight is 419 g/mol. The minimum atomic E-state index is -4.63. The quantitative estimate of drug-likeness (QED) is 0.640. The van der Waals surface area contributed by atoms with Crippen LogP contribution in [0.15, 0.2) is 48.5 Å². The highest BCUT2D eigenvalue weighted by atomic mass is 19.4. The second kappa shape index (κ2) is 7.47. The van der Waals surface area contributed by atoms with Crippen molar-refractivity contribution < 1.29 is 27.2 Å². The molecule has 1 N–H and O–H groups in total. The Kier molecular flexibility index (Phi) is 4.97. The van der Waals surface area contributed by atoms with Crippen LogP contribution in [0.1, 0.15) is 26.4 Å². The third-order valence-electron chi connectivity index (χ3n) is 5.13. The van der Waals surface area contributed by atoms with Crippen LogP contribution in [0.2, 0.25) is 0 Å². The van der Waals surface area contributed by atoms with Crippen molar-refractivity contribution in [3.63, 3.8) is 0 Å². The van der Waals surface area contributed by atoms with E-state index in [4.69, 9.17) is 0 Å². The molecular formula is C21H17F4N3O2. The molecule has 5 nitrogen and oxygen atoms in total. The van der Waals surface area contributed by atoms with Gasteiger partial charge in [0, 0.05) is 37.1 Å². The molecule has 1 aliphatic rings. The predicted molar refractivity (Wildman–Crippen MR) is 102 cm³/mol. The zero-order valence-corrected chi connectivity index (χ0v) is 15.7. The van der Waals surface area contributed by atoms with Gasteiger partial charge in [0.25, 0.3) is 11.8 Å². The molecule has 0 spiro atoms. The lowest BCUT2D eigenvalue weighted by Crippen LogP contribution is -2.50. The zero-order chi connectivity index (χ0) is 21.5. The molecule has 2 amide bonds. The highest BCUT2D eigenvalue weighted by Gasteiger charge is 2.36. The van der Waals surface area contributed by atoms with Crippen LogP contribution in [0, 0.1) is 5.82 Å². The fourth-order valence-electron chi connectivity index (χ4n) is 3.59. The number of benzene rings is 2. The van der Waals surface area contributed by atoms with Gasteiger partial charge in [0.2, 0.25) is 0 Å². The average Bonchev–Trinajstić information content (AvgIpc) is 3.15. The Morgan fingerprint density at radius 2 is 1.50 bits per heavy atom. The third kappa shape index (κ3) is 3.74. The van der Waals surface area contributed by atoms with Gasteiger partial charge in [-0.1, -0.05) is 12.1 Å². The number of aromatic amines is 1. The number of halogens is 4.